The van der Waals surface area contributed by atoms with Crippen LogP contribution in [0.3, 0.4) is 0 Å². The van der Waals surface area contributed by atoms with Gasteiger partial charge in [-0.05, 0) is 91.2 Å². The maximum Gasteiger partial charge on any atom is 0.126 e. The molecule has 4 nitrogen and oxygen atoms in total. The van der Waals surface area contributed by atoms with E-state index in [0.29, 0.717) is 0 Å². The number of rotatable bonds is 9. The Labute approximate surface area is 219 Å². The molecule has 0 saturated heterocycles. The van der Waals surface area contributed by atoms with Crippen molar-refractivity contribution < 1.29 is 14.6 Å². The van der Waals surface area contributed by atoms with Gasteiger partial charge >= 0.3 is 0 Å². The third-order valence-corrected chi connectivity index (χ3v) is 6.24. The summed E-state index contributed by atoms with van der Waals surface area (Å²) in [6, 6.07) is 29.0. The highest BCUT2D eigenvalue weighted by Gasteiger charge is 2.13. The molecule has 4 aromatic rings. The summed E-state index contributed by atoms with van der Waals surface area (Å²) in [7, 11) is 3.34. The average molecular weight is 492 g/mol. The molecule has 0 aliphatic rings. The molecule has 0 unspecified atom stereocenters. The fourth-order valence-electron chi connectivity index (χ4n) is 4.23. The molecular weight excluding hydrogens is 458 g/mol. The van der Waals surface area contributed by atoms with E-state index in [1.54, 1.807) is 14.2 Å². The number of nitrogens with zero attached hydrogens (tertiary/aromatic N) is 1. The van der Waals surface area contributed by atoms with Gasteiger partial charge in [0.05, 0.1) is 20.8 Å². The zero-order chi connectivity index (χ0) is 26.2. The van der Waals surface area contributed by atoms with Crippen molar-refractivity contribution in [3.05, 3.63) is 119 Å². The van der Waals surface area contributed by atoms with Gasteiger partial charge in [0.15, 0.2) is 0 Å². The van der Waals surface area contributed by atoms with Gasteiger partial charge < -0.3 is 19.5 Å². The van der Waals surface area contributed by atoms with Crippen LogP contribution in [0.15, 0.2) is 91.0 Å². The Morgan fingerprint density at radius 3 is 1.84 bits per heavy atom. The number of anilines is 3. The SMILES string of the molecule is CC=Cc1cc(CO)c(C=Cc2ccc(N(c3ccc(C)cc3)c3ccc(OC)cc3)cc2)cc1OC. The number of hydrogen-bond donors (Lipinski definition) is 1. The van der Waals surface area contributed by atoms with E-state index in [1.165, 1.54) is 5.56 Å². The quantitative estimate of drug-likeness (QED) is 0.240. The maximum atomic E-state index is 9.92. The first-order valence-corrected chi connectivity index (χ1v) is 12.3. The Bertz CT molecular complexity index is 1370. The summed E-state index contributed by atoms with van der Waals surface area (Å²) < 4.78 is 10.9. The molecule has 0 amide bonds. The van der Waals surface area contributed by atoms with Crippen LogP contribution >= 0.6 is 0 Å². The molecule has 0 aromatic heterocycles. The minimum Gasteiger partial charge on any atom is -0.497 e. The topological polar surface area (TPSA) is 41.9 Å². The lowest BCUT2D eigenvalue weighted by Crippen LogP contribution is -2.09. The van der Waals surface area contributed by atoms with Crippen LogP contribution in [0.2, 0.25) is 0 Å². The molecule has 1 N–H and O–H groups in total. The van der Waals surface area contributed by atoms with Gasteiger partial charge in [0.2, 0.25) is 0 Å². The molecule has 0 spiro atoms. The number of benzene rings is 4. The first-order valence-electron chi connectivity index (χ1n) is 12.3. The largest absolute Gasteiger partial charge is 0.497 e. The Balaban J connectivity index is 1.65. The van der Waals surface area contributed by atoms with Gasteiger partial charge in [0, 0.05) is 22.6 Å². The van der Waals surface area contributed by atoms with Crippen LogP contribution in [0.5, 0.6) is 11.5 Å². The van der Waals surface area contributed by atoms with Crippen molar-refractivity contribution in [2.24, 2.45) is 0 Å². The van der Waals surface area contributed by atoms with E-state index in [4.69, 9.17) is 9.47 Å². The van der Waals surface area contributed by atoms with Crippen molar-refractivity contribution >= 4 is 35.3 Å². The van der Waals surface area contributed by atoms with Crippen molar-refractivity contribution in [2.45, 2.75) is 20.5 Å². The van der Waals surface area contributed by atoms with Crippen LogP contribution in [0.1, 0.15) is 34.7 Å². The van der Waals surface area contributed by atoms with E-state index in [-0.39, 0.29) is 6.61 Å². The first kappa shape index (κ1) is 25.8. The van der Waals surface area contributed by atoms with Crippen LogP contribution in [0.25, 0.3) is 18.2 Å². The van der Waals surface area contributed by atoms with E-state index in [9.17, 15) is 5.11 Å². The average Bonchev–Trinajstić information content (AvgIpc) is 2.94. The standard InChI is InChI=1S/C33H33NO3/c1-5-6-27-21-28(23-35)26(22-33(27)37-4)12-9-25-10-15-30(16-11-25)34(29-13-7-24(2)8-14-29)31-17-19-32(36-3)20-18-31/h5-22,35H,23H2,1-4H3. The number of methoxy groups -OCH3 is 2. The fourth-order valence-corrected chi connectivity index (χ4v) is 4.23. The molecule has 188 valence electrons. The lowest BCUT2D eigenvalue weighted by atomic mass is 10.0. The van der Waals surface area contributed by atoms with Crippen molar-refractivity contribution in [3.8, 4) is 11.5 Å². The summed E-state index contributed by atoms with van der Waals surface area (Å²) in [5.41, 5.74) is 8.20. The Hall–Kier alpha value is -4.28. The predicted octanol–water partition coefficient (Wildman–Crippen LogP) is 8.18. The van der Waals surface area contributed by atoms with E-state index < -0.39 is 0 Å². The number of aliphatic hydroxyl groups excluding tert-OH is 1. The third-order valence-electron chi connectivity index (χ3n) is 6.24. The maximum absolute atomic E-state index is 9.92. The molecule has 0 heterocycles. The number of allylic oxidation sites excluding steroid dienone is 1. The number of hydrogen-bond acceptors (Lipinski definition) is 4. The Morgan fingerprint density at radius 1 is 0.703 bits per heavy atom. The summed E-state index contributed by atoms with van der Waals surface area (Å²) in [5, 5.41) is 9.92. The highest BCUT2D eigenvalue weighted by atomic mass is 16.5. The van der Waals surface area contributed by atoms with E-state index in [1.807, 2.05) is 49.4 Å². The minimum absolute atomic E-state index is 0.0411. The number of aliphatic hydroxyl groups is 1. The highest BCUT2D eigenvalue weighted by molar-refractivity contribution is 5.79. The van der Waals surface area contributed by atoms with Crippen molar-refractivity contribution in [3.63, 3.8) is 0 Å². The normalized spacial score (nSPS) is 11.3. The molecule has 4 heteroatoms. The van der Waals surface area contributed by atoms with Gasteiger partial charge in [-0.2, -0.15) is 0 Å². The Kier molecular flexibility index (Phi) is 8.44. The van der Waals surface area contributed by atoms with Crippen molar-refractivity contribution in [2.75, 3.05) is 19.1 Å². The second kappa shape index (κ2) is 12.1. The lowest BCUT2D eigenvalue weighted by Gasteiger charge is -2.26. The van der Waals surface area contributed by atoms with Crippen molar-refractivity contribution in [1.82, 2.24) is 0 Å². The number of ether oxygens (including phenoxy) is 2. The Morgan fingerprint density at radius 2 is 1.30 bits per heavy atom. The van der Waals surface area contributed by atoms with Gasteiger partial charge in [-0.3, -0.25) is 0 Å². The molecule has 0 bridgehead atoms. The molecule has 0 aliphatic carbocycles. The second-order valence-corrected chi connectivity index (χ2v) is 8.74. The molecule has 0 fully saturated rings. The van der Waals surface area contributed by atoms with E-state index in [0.717, 1.165) is 50.8 Å². The fraction of sp³-hybridized carbons (Fsp3) is 0.152. The summed E-state index contributed by atoms with van der Waals surface area (Å²) in [4.78, 5) is 2.22. The van der Waals surface area contributed by atoms with Crippen LogP contribution in [0.4, 0.5) is 17.1 Å². The molecule has 37 heavy (non-hydrogen) atoms. The van der Waals surface area contributed by atoms with Crippen LogP contribution in [0, 0.1) is 6.92 Å². The summed E-state index contributed by atoms with van der Waals surface area (Å²) in [6.07, 6.45) is 8.01. The number of aryl methyl sites for hydroxylation is 1. The molecular formula is C33H33NO3. The minimum atomic E-state index is -0.0411. The van der Waals surface area contributed by atoms with E-state index >= 15 is 0 Å². The predicted molar refractivity (Wildman–Crippen MR) is 155 cm³/mol. The molecule has 0 saturated carbocycles. The zero-order valence-electron chi connectivity index (χ0n) is 21.8. The molecule has 0 atom stereocenters. The summed E-state index contributed by atoms with van der Waals surface area (Å²) >= 11 is 0. The molecule has 0 aliphatic heterocycles. The summed E-state index contributed by atoms with van der Waals surface area (Å²) in [6.45, 7) is 4.01. The van der Waals surface area contributed by atoms with Gasteiger partial charge in [-0.1, -0.05) is 54.1 Å². The van der Waals surface area contributed by atoms with E-state index in [2.05, 4.69) is 78.6 Å². The van der Waals surface area contributed by atoms with Gasteiger partial charge in [0.1, 0.15) is 11.5 Å². The first-order chi connectivity index (χ1) is 18.1. The molecule has 4 rings (SSSR count). The lowest BCUT2D eigenvalue weighted by molar-refractivity contribution is 0.281. The monoisotopic (exact) mass is 491 g/mol. The van der Waals surface area contributed by atoms with Gasteiger partial charge in [-0.15, -0.1) is 0 Å². The second-order valence-electron chi connectivity index (χ2n) is 8.74. The van der Waals surface area contributed by atoms with Crippen molar-refractivity contribution in [1.29, 1.82) is 0 Å². The molecule has 4 aromatic carbocycles. The highest BCUT2D eigenvalue weighted by Crippen LogP contribution is 2.35. The van der Waals surface area contributed by atoms with Crippen LogP contribution in [-0.4, -0.2) is 19.3 Å². The molecule has 0 radical (unpaired) electrons. The van der Waals surface area contributed by atoms with Gasteiger partial charge in [0.25, 0.3) is 0 Å². The summed E-state index contributed by atoms with van der Waals surface area (Å²) in [5.74, 6) is 1.60. The van der Waals surface area contributed by atoms with Gasteiger partial charge in [-0.25, -0.2) is 0 Å². The zero-order valence-corrected chi connectivity index (χ0v) is 21.8. The third kappa shape index (κ3) is 6.11. The van der Waals surface area contributed by atoms with Crippen LogP contribution < -0.4 is 14.4 Å². The smallest absolute Gasteiger partial charge is 0.126 e. The van der Waals surface area contributed by atoms with Crippen LogP contribution in [-0.2, 0) is 6.61 Å².